The van der Waals surface area contributed by atoms with Crippen molar-refractivity contribution in [3.8, 4) is 5.75 Å². The van der Waals surface area contributed by atoms with Gasteiger partial charge in [0.05, 0.1) is 18.0 Å². The maximum absolute atomic E-state index is 12.8. The highest BCUT2D eigenvalue weighted by Gasteiger charge is 2.24. The SMILES string of the molecule is CCOc1cc(C)c(S(=O)(=O)Nc2ccc(N3CCOC3=O)cc2)cc1C. The number of sulfonamides is 1. The van der Waals surface area contributed by atoms with Crippen molar-refractivity contribution in [2.24, 2.45) is 0 Å². The number of nitrogens with zero attached hydrogens (tertiary/aromatic N) is 1. The summed E-state index contributed by atoms with van der Waals surface area (Å²) >= 11 is 0. The monoisotopic (exact) mass is 390 g/mol. The predicted molar refractivity (Wildman–Crippen MR) is 103 cm³/mol. The molecule has 0 unspecified atom stereocenters. The molecule has 1 fully saturated rings. The van der Waals surface area contributed by atoms with Gasteiger partial charge in [-0.15, -0.1) is 0 Å². The lowest BCUT2D eigenvalue weighted by Gasteiger charge is -2.15. The molecular weight excluding hydrogens is 368 g/mol. The molecule has 0 atom stereocenters. The Bertz CT molecular complexity index is 955. The van der Waals surface area contributed by atoms with E-state index in [0.29, 0.717) is 42.4 Å². The molecule has 7 nitrogen and oxygen atoms in total. The molecule has 144 valence electrons. The summed E-state index contributed by atoms with van der Waals surface area (Å²) < 4.78 is 38.6. The Morgan fingerprint density at radius 2 is 1.85 bits per heavy atom. The van der Waals surface area contributed by atoms with Gasteiger partial charge in [-0.1, -0.05) is 0 Å². The van der Waals surface area contributed by atoms with E-state index in [4.69, 9.17) is 9.47 Å². The van der Waals surface area contributed by atoms with Crippen LogP contribution in [0.5, 0.6) is 5.75 Å². The van der Waals surface area contributed by atoms with Crippen LogP contribution < -0.4 is 14.4 Å². The Morgan fingerprint density at radius 3 is 2.44 bits per heavy atom. The summed E-state index contributed by atoms with van der Waals surface area (Å²) in [5.74, 6) is 0.677. The molecule has 3 rings (SSSR count). The number of carbonyl (C=O) groups excluding carboxylic acids is 1. The van der Waals surface area contributed by atoms with E-state index in [1.807, 2.05) is 13.8 Å². The Hall–Kier alpha value is -2.74. The number of rotatable bonds is 6. The third-order valence-electron chi connectivity index (χ3n) is 4.25. The van der Waals surface area contributed by atoms with Crippen LogP contribution >= 0.6 is 0 Å². The van der Waals surface area contributed by atoms with Gasteiger partial charge in [-0.3, -0.25) is 9.62 Å². The quantitative estimate of drug-likeness (QED) is 0.816. The number of cyclic esters (lactones) is 1. The molecule has 1 heterocycles. The molecule has 2 aromatic rings. The molecule has 8 heteroatoms. The normalized spacial score (nSPS) is 14.2. The second-order valence-corrected chi connectivity index (χ2v) is 7.89. The van der Waals surface area contributed by atoms with Crippen molar-refractivity contribution in [2.45, 2.75) is 25.7 Å². The van der Waals surface area contributed by atoms with Crippen LogP contribution in [0.3, 0.4) is 0 Å². The van der Waals surface area contributed by atoms with Crippen LogP contribution in [0.4, 0.5) is 16.2 Å². The van der Waals surface area contributed by atoms with E-state index in [0.717, 1.165) is 5.56 Å². The lowest BCUT2D eigenvalue weighted by Crippen LogP contribution is -2.23. The smallest absolute Gasteiger partial charge is 0.414 e. The number of hydrogen-bond acceptors (Lipinski definition) is 5. The molecule has 1 aliphatic rings. The van der Waals surface area contributed by atoms with E-state index in [9.17, 15) is 13.2 Å². The van der Waals surface area contributed by atoms with Crippen molar-refractivity contribution in [2.75, 3.05) is 29.4 Å². The molecule has 2 aromatic carbocycles. The van der Waals surface area contributed by atoms with Crippen LogP contribution in [0.2, 0.25) is 0 Å². The molecule has 1 aliphatic heterocycles. The average molecular weight is 390 g/mol. The molecule has 1 saturated heterocycles. The maximum atomic E-state index is 12.8. The van der Waals surface area contributed by atoms with Crippen LogP contribution in [0, 0.1) is 13.8 Å². The van der Waals surface area contributed by atoms with Gasteiger partial charge in [-0.25, -0.2) is 13.2 Å². The predicted octanol–water partition coefficient (Wildman–Crippen LogP) is 3.46. The second-order valence-electron chi connectivity index (χ2n) is 6.23. The number of amides is 1. The first-order chi connectivity index (χ1) is 12.8. The molecule has 1 amide bonds. The number of nitrogens with one attached hydrogen (secondary N) is 1. The van der Waals surface area contributed by atoms with E-state index < -0.39 is 16.1 Å². The second kappa shape index (κ2) is 7.48. The van der Waals surface area contributed by atoms with Crippen LogP contribution in [-0.2, 0) is 14.8 Å². The van der Waals surface area contributed by atoms with Crippen molar-refractivity contribution in [3.63, 3.8) is 0 Å². The van der Waals surface area contributed by atoms with Gasteiger partial charge >= 0.3 is 6.09 Å². The van der Waals surface area contributed by atoms with E-state index >= 15 is 0 Å². The summed E-state index contributed by atoms with van der Waals surface area (Å²) in [5, 5.41) is 0. The highest BCUT2D eigenvalue weighted by atomic mass is 32.2. The molecule has 0 aliphatic carbocycles. The minimum atomic E-state index is -3.75. The third-order valence-corrected chi connectivity index (χ3v) is 5.78. The standard InChI is InChI=1S/C19H22N2O5S/c1-4-25-17-11-14(3)18(12-13(17)2)27(23,24)20-15-5-7-16(8-6-15)21-9-10-26-19(21)22/h5-8,11-12,20H,4,9-10H2,1-3H3. The topological polar surface area (TPSA) is 84.9 Å². The van der Waals surface area contributed by atoms with E-state index in [1.165, 1.54) is 4.90 Å². The summed E-state index contributed by atoms with van der Waals surface area (Å²) in [5.41, 5.74) is 2.43. The minimum Gasteiger partial charge on any atom is -0.494 e. The highest BCUT2D eigenvalue weighted by molar-refractivity contribution is 7.92. The fourth-order valence-electron chi connectivity index (χ4n) is 2.91. The Morgan fingerprint density at radius 1 is 1.15 bits per heavy atom. The number of aryl methyl sites for hydroxylation is 2. The van der Waals surface area contributed by atoms with Crippen molar-refractivity contribution in [1.29, 1.82) is 0 Å². The van der Waals surface area contributed by atoms with Gasteiger partial charge in [0, 0.05) is 11.4 Å². The zero-order valence-corrected chi connectivity index (χ0v) is 16.3. The molecule has 27 heavy (non-hydrogen) atoms. The van der Waals surface area contributed by atoms with Gasteiger partial charge in [-0.05, 0) is 68.3 Å². The van der Waals surface area contributed by atoms with E-state index in [-0.39, 0.29) is 4.90 Å². The molecule has 0 bridgehead atoms. The first kappa shape index (κ1) is 19.0. The van der Waals surface area contributed by atoms with Crippen molar-refractivity contribution < 1.29 is 22.7 Å². The Kier molecular flexibility index (Phi) is 5.27. The number of ether oxygens (including phenoxy) is 2. The maximum Gasteiger partial charge on any atom is 0.414 e. The molecule has 0 aromatic heterocycles. The fraction of sp³-hybridized carbons (Fsp3) is 0.316. The average Bonchev–Trinajstić information content (AvgIpc) is 3.04. The largest absolute Gasteiger partial charge is 0.494 e. The van der Waals surface area contributed by atoms with Crippen molar-refractivity contribution >= 4 is 27.5 Å². The molecule has 0 saturated carbocycles. The van der Waals surface area contributed by atoms with E-state index in [2.05, 4.69) is 4.72 Å². The van der Waals surface area contributed by atoms with Crippen molar-refractivity contribution in [3.05, 3.63) is 47.5 Å². The lowest BCUT2D eigenvalue weighted by molar-refractivity contribution is 0.181. The summed E-state index contributed by atoms with van der Waals surface area (Å²) in [7, 11) is -3.75. The molecular formula is C19H22N2O5S. The van der Waals surface area contributed by atoms with Crippen LogP contribution in [0.25, 0.3) is 0 Å². The fourth-order valence-corrected chi connectivity index (χ4v) is 4.28. The molecule has 0 radical (unpaired) electrons. The number of hydrogen-bond donors (Lipinski definition) is 1. The summed E-state index contributed by atoms with van der Waals surface area (Å²) in [6.45, 7) is 6.78. The molecule has 1 N–H and O–H groups in total. The van der Waals surface area contributed by atoms with Gasteiger partial charge < -0.3 is 9.47 Å². The van der Waals surface area contributed by atoms with Gasteiger partial charge in [0.1, 0.15) is 12.4 Å². The van der Waals surface area contributed by atoms with Crippen molar-refractivity contribution in [1.82, 2.24) is 0 Å². The first-order valence-electron chi connectivity index (χ1n) is 8.63. The highest BCUT2D eigenvalue weighted by Crippen LogP contribution is 2.28. The van der Waals surface area contributed by atoms with Gasteiger partial charge in [0.15, 0.2) is 0 Å². The lowest BCUT2D eigenvalue weighted by atomic mass is 10.1. The van der Waals surface area contributed by atoms with Crippen LogP contribution in [0.1, 0.15) is 18.1 Å². The molecule has 0 spiro atoms. The summed E-state index contributed by atoms with van der Waals surface area (Å²) in [6, 6.07) is 9.94. The minimum absolute atomic E-state index is 0.204. The number of benzene rings is 2. The van der Waals surface area contributed by atoms with E-state index in [1.54, 1.807) is 43.3 Å². The van der Waals surface area contributed by atoms with Crippen LogP contribution in [0.15, 0.2) is 41.3 Å². The number of carbonyl (C=O) groups is 1. The zero-order chi connectivity index (χ0) is 19.6. The van der Waals surface area contributed by atoms with Gasteiger partial charge in [0.2, 0.25) is 0 Å². The zero-order valence-electron chi connectivity index (χ0n) is 15.5. The summed E-state index contributed by atoms with van der Waals surface area (Å²) in [6.07, 6.45) is -0.399. The Balaban J connectivity index is 1.82. The van der Waals surface area contributed by atoms with Gasteiger partial charge in [0.25, 0.3) is 10.0 Å². The first-order valence-corrected chi connectivity index (χ1v) is 10.1. The summed E-state index contributed by atoms with van der Waals surface area (Å²) in [4.78, 5) is 13.3. The Labute approximate surface area is 158 Å². The third kappa shape index (κ3) is 4.00. The van der Waals surface area contributed by atoms with Crippen LogP contribution in [-0.4, -0.2) is 34.3 Å². The van der Waals surface area contributed by atoms with Gasteiger partial charge in [-0.2, -0.15) is 0 Å². The number of anilines is 2.